The Morgan fingerprint density at radius 1 is 0.737 bits per heavy atom. The van der Waals surface area contributed by atoms with Crippen molar-refractivity contribution in [3.05, 3.63) is 12.2 Å². The molecular weight excluding hydrogens is 240 g/mol. The van der Waals surface area contributed by atoms with Gasteiger partial charge in [0.15, 0.2) is 0 Å². The van der Waals surface area contributed by atoms with E-state index in [0.29, 0.717) is 13.0 Å². The normalized spacial score (nSPS) is 11.2. The van der Waals surface area contributed by atoms with Crippen LogP contribution in [0.2, 0.25) is 0 Å². The van der Waals surface area contributed by atoms with Crippen molar-refractivity contribution in [1.29, 1.82) is 0 Å². The third-order valence-electron chi connectivity index (χ3n) is 3.21. The second kappa shape index (κ2) is 15.2. The Bertz CT molecular complexity index is 224. The standard InChI is InChI=1S/C16H30O3/c17-15-13-11-9-7-5-3-1-2-4-6-8-10-12-14-16(18)19/h5,7,17H,1-4,6,8-15H2,(H,18,19)/b7-5-. The second-order valence-corrected chi connectivity index (χ2v) is 5.10. The summed E-state index contributed by atoms with van der Waals surface area (Å²) < 4.78 is 0. The summed E-state index contributed by atoms with van der Waals surface area (Å²) in [6.45, 7) is 0.306. The number of carbonyl (C=O) groups is 1. The van der Waals surface area contributed by atoms with E-state index < -0.39 is 5.97 Å². The summed E-state index contributed by atoms with van der Waals surface area (Å²) >= 11 is 0. The van der Waals surface area contributed by atoms with Gasteiger partial charge in [0, 0.05) is 13.0 Å². The number of hydrogen-bond donors (Lipinski definition) is 2. The molecule has 0 saturated carbocycles. The number of carboxylic acid groups (broad SMARTS) is 1. The fourth-order valence-corrected chi connectivity index (χ4v) is 2.03. The van der Waals surface area contributed by atoms with Gasteiger partial charge in [-0.3, -0.25) is 4.79 Å². The van der Waals surface area contributed by atoms with Crippen LogP contribution < -0.4 is 0 Å². The quantitative estimate of drug-likeness (QED) is 0.365. The van der Waals surface area contributed by atoms with E-state index >= 15 is 0 Å². The van der Waals surface area contributed by atoms with Crippen molar-refractivity contribution >= 4 is 5.97 Å². The van der Waals surface area contributed by atoms with Crippen molar-refractivity contribution in [1.82, 2.24) is 0 Å². The van der Waals surface area contributed by atoms with E-state index in [4.69, 9.17) is 10.2 Å². The summed E-state index contributed by atoms with van der Waals surface area (Å²) in [4.78, 5) is 10.3. The minimum absolute atomic E-state index is 0.306. The minimum atomic E-state index is -0.675. The molecule has 0 atom stereocenters. The topological polar surface area (TPSA) is 57.5 Å². The van der Waals surface area contributed by atoms with E-state index in [1.165, 1.54) is 32.1 Å². The molecular formula is C16H30O3. The highest BCUT2D eigenvalue weighted by Gasteiger charge is 1.96. The average molecular weight is 270 g/mol. The summed E-state index contributed by atoms with van der Waals surface area (Å²) in [6, 6.07) is 0. The maximum Gasteiger partial charge on any atom is 0.303 e. The number of unbranched alkanes of at least 4 members (excludes halogenated alkanes) is 9. The van der Waals surface area contributed by atoms with E-state index in [-0.39, 0.29) is 0 Å². The zero-order valence-electron chi connectivity index (χ0n) is 12.1. The molecule has 0 saturated heterocycles. The molecule has 0 unspecified atom stereocenters. The van der Waals surface area contributed by atoms with Crippen molar-refractivity contribution in [2.45, 2.75) is 77.0 Å². The van der Waals surface area contributed by atoms with Crippen LogP contribution in [0.4, 0.5) is 0 Å². The van der Waals surface area contributed by atoms with Crippen molar-refractivity contribution in [2.24, 2.45) is 0 Å². The Morgan fingerprint density at radius 2 is 1.21 bits per heavy atom. The Hall–Kier alpha value is -0.830. The maximum atomic E-state index is 10.3. The van der Waals surface area contributed by atoms with Crippen LogP contribution in [0.1, 0.15) is 77.0 Å². The van der Waals surface area contributed by atoms with Crippen molar-refractivity contribution in [3.8, 4) is 0 Å². The first-order valence-electron chi connectivity index (χ1n) is 7.75. The van der Waals surface area contributed by atoms with E-state index in [0.717, 1.165) is 38.5 Å². The summed E-state index contributed by atoms with van der Waals surface area (Å²) in [7, 11) is 0. The third kappa shape index (κ3) is 17.2. The number of hydrogen-bond acceptors (Lipinski definition) is 2. The van der Waals surface area contributed by atoms with E-state index in [1.807, 2.05) is 0 Å². The molecule has 3 nitrogen and oxygen atoms in total. The summed E-state index contributed by atoms with van der Waals surface area (Å²) in [5.41, 5.74) is 0. The summed E-state index contributed by atoms with van der Waals surface area (Å²) in [5, 5.41) is 17.1. The van der Waals surface area contributed by atoms with Gasteiger partial charge in [0.25, 0.3) is 0 Å². The van der Waals surface area contributed by atoms with Crippen LogP contribution in [0.3, 0.4) is 0 Å². The lowest BCUT2D eigenvalue weighted by atomic mass is 10.1. The Kier molecular flexibility index (Phi) is 14.6. The molecule has 0 spiro atoms. The largest absolute Gasteiger partial charge is 0.481 e. The SMILES string of the molecule is O=C(O)CCCCCCCCC/C=C\CCCCO. The molecule has 0 radical (unpaired) electrons. The van der Waals surface area contributed by atoms with Crippen molar-refractivity contribution in [3.63, 3.8) is 0 Å². The zero-order chi connectivity index (χ0) is 14.2. The third-order valence-corrected chi connectivity index (χ3v) is 3.21. The molecule has 0 aromatic rings. The molecule has 0 rings (SSSR count). The molecule has 0 heterocycles. The molecule has 2 N–H and O–H groups in total. The molecule has 0 fully saturated rings. The van der Waals surface area contributed by atoms with Gasteiger partial charge in [-0.05, 0) is 38.5 Å². The predicted molar refractivity (Wildman–Crippen MR) is 79.3 cm³/mol. The average Bonchev–Trinajstić information content (AvgIpc) is 2.39. The van der Waals surface area contributed by atoms with Gasteiger partial charge in [-0.2, -0.15) is 0 Å². The Balaban J connectivity index is 3.04. The van der Waals surface area contributed by atoms with Gasteiger partial charge >= 0.3 is 5.97 Å². The van der Waals surface area contributed by atoms with Crippen molar-refractivity contribution in [2.75, 3.05) is 6.61 Å². The molecule has 3 heteroatoms. The van der Waals surface area contributed by atoms with Gasteiger partial charge in [-0.15, -0.1) is 0 Å². The van der Waals surface area contributed by atoms with Crippen molar-refractivity contribution < 1.29 is 15.0 Å². The smallest absolute Gasteiger partial charge is 0.303 e. The highest BCUT2D eigenvalue weighted by molar-refractivity contribution is 5.66. The monoisotopic (exact) mass is 270 g/mol. The minimum Gasteiger partial charge on any atom is -0.481 e. The van der Waals surface area contributed by atoms with Gasteiger partial charge in [0.1, 0.15) is 0 Å². The number of rotatable bonds is 14. The molecule has 0 aliphatic carbocycles. The lowest BCUT2D eigenvalue weighted by Gasteiger charge is -2.00. The molecule has 112 valence electrons. The molecule has 0 aliphatic rings. The van der Waals surface area contributed by atoms with Crippen LogP contribution in [0.15, 0.2) is 12.2 Å². The number of carboxylic acids is 1. The van der Waals surface area contributed by atoms with Gasteiger partial charge in [0.05, 0.1) is 0 Å². The Morgan fingerprint density at radius 3 is 1.74 bits per heavy atom. The second-order valence-electron chi connectivity index (χ2n) is 5.10. The fraction of sp³-hybridized carbons (Fsp3) is 0.812. The van der Waals surface area contributed by atoms with Gasteiger partial charge in [0.2, 0.25) is 0 Å². The fourth-order valence-electron chi connectivity index (χ4n) is 2.03. The molecule has 0 aromatic carbocycles. The van der Waals surface area contributed by atoms with Gasteiger partial charge in [-0.1, -0.05) is 44.3 Å². The van der Waals surface area contributed by atoms with Crippen LogP contribution in [0.5, 0.6) is 0 Å². The van der Waals surface area contributed by atoms with Crippen LogP contribution in [-0.2, 0) is 4.79 Å². The van der Waals surface area contributed by atoms with Crippen LogP contribution in [0, 0.1) is 0 Å². The first-order chi connectivity index (χ1) is 9.27. The first kappa shape index (κ1) is 18.2. The van der Waals surface area contributed by atoms with E-state index in [9.17, 15) is 4.79 Å². The predicted octanol–water partition coefficient (Wildman–Crippen LogP) is 4.30. The number of aliphatic carboxylic acids is 1. The number of aliphatic hydroxyl groups excluding tert-OH is 1. The molecule has 19 heavy (non-hydrogen) atoms. The van der Waals surface area contributed by atoms with Gasteiger partial charge < -0.3 is 10.2 Å². The van der Waals surface area contributed by atoms with Crippen LogP contribution in [-0.4, -0.2) is 22.8 Å². The van der Waals surface area contributed by atoms with Crippen LogP contribution >= 0.6 is 0 Å². The Labute approximate surface area is 117 Å². The van der Waals surface area contributed by atoms with E-state index in [2.05, 4.69) is 12.2 Å². The van der Waals surface area contributed by atoms with Gasteiger partial charge in [-0.25, -0.2) is 0 Å². The lowest BCUT2D eigenvalue weighted by Crippen LogP contribution is -1.93. The highest BCUT2D eigenvalue weighted by atomic mass is 16.4. The molecule has 0 aromatic heterocycles. The molecule has 0 amide bonds. The number of aliphatic hydroxyl groups is 1. The van der Waals surface area contributed by atoms with Crippen LogP contribution in [0.25, 0.3) is 0 Å². The molecule has 0 bridgehead atoms. The van der Waals surface area contributed by atoms with E-state index in [1.54, 1.807) is 0 Å². The highest BCUT2D eigenvalue weighted by Crippen LogP contribution is 2.10. The zero-order valence-corrected chi connectivity index (χ0v) is 12.1. The molecule has 0 aliphatic heterocycles. The summed E-state index contributed by atoms with van der Waals surface area (Å²) in [5.74, 6) is -0.675. The summed E-state index contributed by atoms with van der Waals surface area (Å²) in [6.07, 6.45) is 17.1. The number of allylic oxidation sites excluding steroid dienone is 2. The maximum absolute atomic E-state index is 10.3. The lowest BCUT2D eigenvalue weighted by molar-refractivity contribution is -0.137. The first-order valence-corrected chi connectivity index (χ1v) is 7.75.